The van der Waals surface area contributed by atoms with Gasteiger partial charge in [0.15, 0.2) is 0 Å². The summed E-state index contributed by atoms with van der Waals surface area (Å²) in [5.41, 5.74) is 4.21. The Morgan fingerprint density at radius 2 is 1.56 bits per heavy atom. The van der Waals surface area contributed by atoms with Gasteiger partial charge in [-0.25, -0.2) is 9.78 Å². The van der Waals surface area contributed by atoms with Crippen LogP contribution in [0.25, 0.3) is 0 Å². The molecule has 2 saturated heterocycles. The highest BCUT2D eigenvalue weighted by atomic mass is 16.5. The molecule has 2 aliphatic heterocycles. The molecule has 2 aromatic carbocycles. The fourth-order valence-corrected chi connectivity index (χ4v) is 4.46. The van der Waals surface area contributed by atoms with E-state index < -0.39 is 0 Å². The fraction of sp³-hybridized carbons (Fsp3) is 0.370. The number of urea groups is 1. The Hall–Kier alpha value is -3.85. The van der Waals surface area contributed by atoms with Gasteiger partial charge >= 0.3 is 6.03 Å². The number of rotatable bonds is 6. The molecule has 188 valence electrons. The zero-order valence-corrected chi connectivity index (χ0v) is 20.7. The largest absolute Gasteiger partial charge is 0.378 e. The fourth-order valence-electron chi connectivity index (χ4n) is 4.46. The van der Waals surface area contributed by atoms with Gasteiger partial charge in [0.25, 0.3) is 0 Å². The standard InChI is InChI=1S/C27H33N7O2/c1-2-21-3-5-23(6-4-21)30-27(35)34-15-13-33(14-16-34)25-11-12-28-26(31-25)29-22-7-9-24(10-8-22)32-17-19-36-20-18-32/h3-12H,2,13-20H2,1H3,(H,30,35)(H,28,29,31). The number of amides is 2. The van der Waals surface area contributed by atoms with Crippen molar-refractivity contribution in [3.05, 3.63) is 66.4 Å². The Morgan fingerprint density at radius 3 is 2.25 bits per heavy atom. The number of carbonyl (C=O) groups excluding carboxylic acids is 1. The molecule has 36 heavy (non-hydrogen) atoms. The van der Waals surface area contributed by atoms with Crippen LogP contribution < -0.4 is 20.4 Å². The summed E-state index contributed by atoms with van der Waals surface area (Å²) >= 11 is 0. The molecule has 2 aliphatic rings. The summed E-state index contributed by atoms with van der Waals surface area (Å²) in [4.78, 5) is 28.2. The number of aromatic nitrogens is 2. The van der Waals surface area contributed by atoms with Gasteiger partial charge in [-0.15, -0.1) is 0 Å². The molecule has 1 aromatic heterocycles. The maximum atomic E-state index is 12.7. The van der Waals surface area contributed by atoms with Gasteiger partial charge in [0, 0.05) is 62.5 Å². The monoisotopic (exact) mass is 487 g/mol. The maximum absolute atomic E-state index is 12.7. The summed E-state index contributed by atoms with van der Waals surface area (Å²) in [5.74, 6) is 1.41. The number of nitrogens with zero attached hydrogens (tertiary/aromatic N) is 5. The van der Waals surface area contributed by atoms with E-state index in [1.807, 2.05) is 47.4 Å². The van der Waals surface area contributed by atoms with Crippen molar-refractivity contribution in [3.8, 4) is 0 Å². The third-order valence-electron chi connectivity index (χ3n) is 6.64. The average molecular weight is 488 g/mol. The second-order valence-corrected chi connectivity index (χ2v) is 8.96. The van der Waals surface area contributed by atoms with Crippen LogP contribution in [-0.2, 0) is 11.2 Å². The van der Waals surface area contributed by atoms with E-state index in [0.29, 0.717) is 32.1 Å². The molecule has 0 atom stereocenters. The first-order valence-electron chi connectivity index (χ1n) is 12.6. The number of hydrogen-bond acceptors (Lipinski definition) is 7. The van der Waals surface area contributed by atoms with Gasteiger partial charge in [-0.3, -0.25) is 0 Å². The lowest BCUT2D eigenvalue weighted by atomic mass is 10.1. The van der Waals surface area contributed by atoms with Crippen LogP contribution >= 0.6 is 0 Å². The van der Waals surface area contributed by atoms with Crippen LogP contribution in [-0.4, -0.2) is 73.4 Å². The lowest BCUT2D eigenvalue weighted by Gasteiger charge is -2.35. The molecule has 0 unspecified atom stereocenters. The Kier molecular flexibility index (Phi) is 7.47. The zero-order chi connectivity index (χ0) is 24.7. The van der Waals surface area contributed by atoms with Crippen LogP contribution in [0.1, 0.15) is 12.5 Å². The molecular weight excluding hydrogens is 454 g/mol. The van der Waals surface area contributed by atoms with Crippen LogP contribution in [0.3, 0.4) is 0 Å². The highest BCUT2D eigenvalue weighted by Gasteiger charge is 2.22. The number of morpholine rings is 1. The highest BCUT2D eigenvalue weighted by molar-refractivity contribution is 5.89. The summed E-state index contributed by atoms with van der Waals surface area (Å²) < 4.78 is 5.44. The topological polar surface area (TPSA) is 85.9 Å². The van der Waals surface area contributed by atoms with Gasteiger partial charge in [-0.2, -0.15) is 4.98 Å². The minimum absolute atomic E-state index is 0.0653. The lowest BCUT2D eigenvalue weighted by molar-refractivity contribution is 0.122. The predicted molar refractivity (Wildman–Crippen MR) is 143 cm³/mol. The van der Waals surface area contributed by atoms with Gasteiger partial charge < -0.3 is 30.1 Å². The van der Waals surface area contributed by atoms with Crippen molar-refractivity contribution in [3.63, 3.8) is 0 Å². The SMILES string of the molecule is CCc1ccc(NC(=O)N2CCN(c3ccnc(Nc4ccc(N5CCOCC5)cc4)n3)CC2)cc1. The normalized spacial score (nSPS) is 16.1. The number of ether oxygens (including phenoxy) is 1. The van der Waals surface area contributed by atoms with Gasteiger partial charge in [-0.05, 0) is 54.4 Å². The second kappa shape index (κ2) is 11.3. The Labute approximate surface area is 212 Å². The summed E-state index contributed by atoms with van der Waals surface area (Å²) in [7, 11) is 0. The molecule has 5 rings (SSSR count). The number of carbonyl (C=O) groups is 1. The minimum Gasteiger partial charge on any atom is -0.378 e. The van der Waals surface area contributed by atoms with E-state index >= 15 is 0 Å². The van der Waals surface area contributed by atoms with Crippen molar-refractivity contribution in [1.82, 2.24) is 14.9 Å². The van der Waals surface area contributed by atoms with Crippen LogP contribution in [0.2, 0.25) is 0 Å². The number of nitrogens with one attached hydrogen (secondary N) is 2. The maximum Gasteiger partial charge on any atom is 0.321 e. The first-order chi connectivity index (χ1) is 17.7. The number of anilines is 5. The van der Waals surface area contributed by atoms with Crippen LogP contribution in [0, 0.1) is 0 Å². The Morgan fingerprint density at radius 1 is 0.861 bits per heavy atom. The molecule has 0 saturated carbocycles. The van der Waals surface area contributed by atoms with E-state index in [1.54, 1.807) is 6.20 Å². The number of hydrogen-bond donors (Lipinski definition) is 2. The van der Waals surface area contributed by atoms with Crippen molar-refractivity contribution >= 4 is 34.9 Å². The molecule has 2 fully saturated rings. The first kappa shape index (κ1) is 23.9. The quantitative estimate of drug-likeness (QED) is 0.544. The molecule has 2 amide bonds. The zero-order valence-electron chi connectivity index (χ0n) is 20.7. The smallest absolute Gasteiger partial charge is 0.321 e. The second-order valence-electron chi connectivity index (χ2n) is 8.96. The van der Waals surface area contributed by atoms with Gasteiger partial charge in [0.1, 0.15) is 5.82 Å². The summed E-state index contributed by atoms with van der Waals surface area (Å²) in [6, 6.07) is 18.2. The van der Waals surface area contributed by atoms with E-state index in [1.165, 1.54) is 11.3 Å². The van der Waals surface area contributed by atoms with Crippen molar-refractivity contribution in [1.29, 1.82) is 0 Å². The molecule has 9 nitrogen and oxygen atoms in total. The van der Waals surface area contributed by atoms with Crippen molar-refractivity contribution in [2.75, 3.05) is 72.9 Å². The molecule has 0 radical (unpaired) electrons. The molecule has 0 aliphatic carbocycles. The van der Waals surface area contributed by atoms with E-state index in [0.717, 1.165) is 49.9 Å². The molecule has 3 aromatic rings. The number of aryl methyl sites for hydroxylation is 1. The van der Waals surface area contributed by atoms with Crippen LogP contribution in [0.15, 0.2) is 60.8 Å². The van der Waals surface area contributed by atoms with E-state index in [4.69, 9.17) is 9.72 Å². The Balaban J connectivity index is 1.14. The van der Waals surface area contributed by atoms with Gasteiger partial charge in [0.05, 0.1) is 13.2 Å². The molecule has 0 bridgehead atoms. The number of piperazine rings is 1. The van der Waals surface area contributed by atoms with Crippen molar-refractivity contribution < 1.29 is 9.53 Å². The predicted octanol–water partition coefficient (Wildman–Crippen LogP) is 3.97. The molecule has 3 heterocycles. The molecule has 9 heteroatoms. The third kappa shape index (κ3) is 5.85. The summed E-state index contributed by atoms with van der Waals surface area (Å²) in [6.45, 7) is 8.19. The highest BCUT2D eigenvalue weighted by Crippen LogP contribution is 2.22. The van der Waals surface area contributed by atoms with Crippen molar-refractivity contribution in [2.24, 2.45) is 0 Å². The molecule has 0 spiro atoms. The Bertz CT molecular complexity index is 1140. The summed E-state index contributed by atoms with van der Waals surface area (Å²) in [6.07, 6.45) is 2.75. The van der Waals surface area contributed by atoms with E-state index in [9.17, 15) is 4.79 Å². The van der Waals surface area contributed by atoms with Crippen molar-refractivity contribution in [2.45, 2.75) is 13.3 Å². The molecule has 2 N–H and O–H groups in total. The van der Waals surface area contributed by atoms with Gasteiger partial charge in [0.2, 0.25) is 5.95 Å². The number of benzene rings is 2. The average Bonchev–Trinajstić information content (AvgIpc) is 2.94. The third-order valence-corrected chi connectivity index (χ3v) is 6.64. The minimum atomic E-state index is -0.0653. The first-order valence-corrected chi connectivity index (χ1v) is 12.6. The van der Waals surface area contributed by atoms with Crippen LogP contribution in [0.4, 0.5) is 33.6 Å². The van der Waals surface area contributed by atoms with Crippen LogP contribution in [0.5, 0.6) is 0 Å². The van der Waals surface area contributed by atoms with E-state index in [-0.39, 0.29) is 6.03 Å². The van der Waals surface area contributed by atoms with Gasteiger partial charge in [-0.1, -0.05) is 19.1 Å². The summed E-state index contributed by atoms with van der Waals surface area (Å²) in [5, 5.41) is 6.31. The molecular formula is C27H33N7O2. The lowest BCUT2D eigenvalue weighted by Crippen LogP contribution is -2.50. The van der Waals surface area contributed by atoms with E-state index in [2.05, 4.69) is 44.5 Å².